The van der Waals surface area contributed by atoms with Gasteiger partial charge in [0.05, 0.1) is 25.4 Å². The van der Waals surface area contributed by atoms with E-state index in [0.717, 1.165) is 51.4 Å². The van der Waals surface area contributed by atoms with Gasteiger partial charge in [0.15, 0.2) is 0 Å². The minimum absolute atomic E-state index is 0.0365. The van der Waals surface area contributed by atoms with Crippen LogP contribution in [0.3, 0.4) is 0 Å². The molecule has 2 atom stereocenters. The van der Waals surface area contributed by atoms with Crippen LogP contribution < -0.4 is 5.32 Å². The van der Waals surface area contributed by atoms with Crippen LogP contribution in [0.1, 0.15) is 354 Å². The predicted molar refractivity (Wildman–Crippen MR) is 319 cm³/mol. The van der Waals surface area contributed by atoms with E-state index in [9.17, 15) is 19.8 Å². The molecule has 0 aliphatic rings. The molecular formula is C67H127NO5. The average Bonchev–Trinajstić information content (AvgIpc) is 3.39. The van der Waals surface area contributed by atoms with Gasteiger partial charge in [0.1, 0.15) is 0 Å². The number of ether oxygens (including phenoxy) is 1. The zero-order chi connectivity index (χ0) is 52.9. The lowest BCUT2D eigenvalue weighted by atomic mass is 10.0. The number of esters is 1. The molecule has 1 amide bonds. The Morgan fingerprint density at radius 1 is 0.384 bits per heavy atom. The topological polar surface area (TPSA) is 95.9 Å². The van der Waals surface area contributed by atoms with Crippen molar-refractivity contribution in [1.82, 2.24) is 5.32 Å². The van der Waals surface area contributed by atoms with Crippen molar-refractivity contribution in [2.45, 2.75) is 366 Å². The van der Waals surface area contributed by atoms with Gasteiger partial charge in [-0.05, 0) is 70.6 Å². The molecule has 430 valence electrons. The number of rotatable bonds is 61. The second kappa shape index (κ2) is 62.6. The first-order chi connectivity index (χ1) is 36.0. The smallest absolute Gasteiger partial charge is 0.305 e. The largest absolute Gasteiger partial charge is 0.465 e. The standard InChI is InChI=1S/C67H127NO5/c1-3-5-7-9-11-13-15-17-18-19-20-21-23-26-29-32-36-39-43-47-51-55-59-65(70)64(63-69)68-66(71)60-56-52-48-44-40-37-33-30-27-24-22-25-28-31-34-38-42-46-50-54-58-62-73-67(72)61-57-53-49-45-41-35-16-14-12-10-8-6-4-2/h14,16,38,42,50,54,64-65,69-70H,3-13,15,17-37,39-41,43-49,51-53,55-63H2,1-2H3,(H,68,71)/b16-14-,42-38-,54-50-. The van der Waals surface area contributed by atoms with E-state index in [1.54, 1.807) is 0 Å². The first-order valence-electron chi connectivity index (χ1n) is 32.7. The number of hydrogen-bond acceptors (Lipinski definition) is 5. The summed E-state index contributed by atoms with van der Waals surface area (Å²) in [5.41, 5.74) is 0. The number of unbranched alkanes of at least 4 members (excludes halogenated alkanes) is 44. The summed E-state index contributed by atoms with van der Waals surface area (Å²) in [5, 5.41) is 23.4. The normalized spacial score (nSPS) is 12.8. The van der Waals surface area contributed by atoms with Gasteiger partial charge in [0.2, 0.25) is 5.91 Å². The van der Waals surface area contributed by atoms with Gasteiger partial charge in [0, 0.05) is 12.8 Å². The highest BCUT2D eigenvalue weighted by Gasteiger charge is 2.20. The van der Waals surface area contributed by atoms with Gasteiger partial charge in [-0.1, -0.05) is 307 Å². The lowest BCUT2D eigenvalue weighted by Gasteiger charge is -2.22. The number of hydrogen-bond donors (Lipinski definition) is 3. The van der Waals surface area contributed by atoms with Crippen LogP contribution in [-0.4, -0.2) is 47.4 Å². The molecule has 0 fully saturated rings. The highest BCUT2D eigenvalue weighted by atomic mass is 16.5. The van der Waals surface area contributed by atoms with Crippen LogP contribution in [0.15, 0.2) is 36.5 Å². The summed E-state index contributed by atoms with van der Waals surface area (Å²) in [6.07, 6.45) is 78.9. The van der Waals surface area contributed by atoms with Crippen molar-refractivity contribution in [1.29, 1.82) is 0 Å². The van der Waals surface area contributed by atoms with Crippen molar-refractivity contribution in [3.63, 3.8) is 0 Å². The van der Waals surface area contributed by atoms with E-state index < -0.39 is 12.1 Å². The number of carbonyl (C=O) groups is 2. The van der Waals surface area contributed by atoms with Crippen LogP contribution in [0.5, 0.6) is 0 Å². The van der Waals surface area contributed by atoms with Gasteiger partial charge in [-0.3, -0.25) is 9.59 Å². The maximum Gasteiger partial charge on any atom is 0.305 e. The van der Waals surface area contributed by atoms with E-state index in [-0.39, 0.29) is 18.5 Å². The summed E-state index contributed by atoms with van der Waals surface area (Å²) in [4.78, 5) is 24.5. The molecule has 0 spiro atoms. The first kappa shape index (κ1) is 71.1. The van der Waals surface area contributed by atoms with Crippen molar-refractivity contribution in [2.75, 3.05) is 13.2 Å². The number of allylic oxidation sites excluding steroid dienone is 5. The maximum atomic E-state index is 12.5. The second-order valence-corrected chi connectivity index (χ2v) is 22.4. The minimum atomic E-state index is -0.669. The van der Waals surface area contributed by atoms with E-state index in [4.69, 9.17) is 4.74 Å². The fourth-order valence-electron chi connectivity index (χ4n) is 10.2. The third-order valence-electron chi connectivity index (χ3n) is 15.2. The maximum absolute atomic E-state index is 12.5. The van der Waals surface area contributed by atoms with E-state index in [2.05, 4.69) is 55.6 Å². The van der Waals surface area contributed by atoms with Crippen molar-refractivity contribution < 1.29 is 24.5 Å². The molecule has 0 saturated carbocycles. The fraction of sp³-hybridized carbons (Fsp3) is 0.881. The van der Waals surface area contributed by atoms with Crippen LogP contribution >= 0.6 is 0 Å². The van der Waals surface area contributed by atoms with Gasteiger partial charge in [-0.25, -0.2) is 0 Å². The monoisotopic (exact) mass is 1030 g/mol. The summed E-state index contributed by atoms with van der Waals surface area (Å²) >= 11 is 0. The second-order valence-electron chi connectivity index (χ2n) is 22.4. The Morgan fingerprint density at radius 3 is 1.07 bits per heavy atom. The van der Waals surface area contributed by atoms with Crippen LogP contribution in [0.4, 0.5) is 0 Å². The van der Waals surface area contributed by atoms with Gasteiger partial charge in [-0.15, -0.1) is 0 Å². The van der Waals surface area contributed by atoms with Gasteiger partial charge < -0.3 is 20.3 Å². The molecule has 0 bridgehead atoms. The minimum Gasteiger partial charge on any atom is -0.465 e. The molecule has 2 unspecified atom stereocenters. The number of nitrogens with one attached hydrogen (secondary N) is 1. The third-order valence-corrected chi connectivity index (χ3v) is 15.2. The van der Waals surface area contributed by atoms with Crippen LogP contribution in [0.25, 0.3) is 0 Å². The predicted octanol–water partition coefficient (Wildman–Crippen LogP) is 20.8. The van der Waals surface area contributed by atoms with E-state index in [0.29, 0.717) is 25.9 Å². The van der Waals surface area contributed by atoms with Crippen molar-refractivity contribution >= 4 is 11.9 Å². The quantitative estimate of drug-likeness (QED) is 0.0320. The lowest BCUT2D eigenvalue weighted by Crippen LogP contribution is -2.45. The molecule has 0 rings (SSSR count). The van der Waals surface area contributed by atoms with Crippen molar-refractivity contribution in [2.24, 2.45) is 0 Å². The Hall–Kier alpha value is -1.92. The molecular weight excluding hydrogens is 899 g/mol. The van der Waals surface area contributed by atoms with Gasteiger partial charge >= 0.3 is 5.97 Å². The summed E-state index contributed by atoms with van der Waals surface area (Å²) in [6, 6.07) is -0.547. The molecule has 0 aromatic heterocycles. The molecule has 0 aliphatic heterocycles. The van der Waals surface area contributed by atoms with Crippen LogP contribution in [0, 0.1) is 0 Å². The first-order valence-corrected chi connectivity index (χ1v) is 32.7. The Kier molecular flexibility index (Phi) is 61.0. The highest BCUT2D eigenvalue weighted by Crippen LogP contribution is 2.18. The van der Waals surface area contributed by atoms with E-state index >= 15 is 0 Å². The molecule has 0 aromatic carbocycles. The highest BCUT2D eigenvalue weighted by molar-refractivity contribution is 5.76. The van der Waals surface area contributed by atoms with Gasteiger partial charge in [-0.2, -0.15) is 0 Å². The molecule has 0 aromatic rings. The number of carbonyl (C=O) groups excluding carboxylic acids is 2. The number of amides is 1. The third kappa shape index (κ3) is 59.2. The van der Waals surface area contributed by atoms with Crippen molar-refractivity contribution in [3.8, 4) is 0 Å². The zero-order valence-corrected chi connectivity index (χ0v) is 49.1. The molecule has 6 nitrogen and oxygen atoms in total. The summed E-state index contributed by atoms with van der Waals surface area (Å²) in [5.74, 6) is -0.0805. The average molecular weight is 1030 g/mol. The summed E-state index contributed by atoms with van der Waals surface area (Å²) in [7, 11) is 0. The Balaban J connectivity index is 3.45. The molecule has 0 saturated heterocycles. The van der Waals surface area contributed by atoms with E-state index in [1.807, 2.05) is 0 Å². The summed E-state index contributed by atoms with van der Waals surface area (Å²) < 4.78 is 5.41. The Morgan fingerprint density at radius 2 is 0.685 bits per heavy atom. The zero-order valence-electron chi connectivity index (χ0n) is 49.1. The van der Waals surface area contributed by atoms with Crippen LogP contribution in [0.2, 0.25) is 0 Å². The molecule has 73 heavy (non-hydrogen) atoms. The number of aliphatic hydroxyl groups is 2. The van der Waals surface area contributed by atoms with Crippen molar-refractivity contribution in [3.05, 3.63) is 36.5 Å². The fourth-order valence-corrected chi connectivity index (χ4v) is 10.2. The van der Waals surface area contributed by atoms with Gasteiger partial charge in [0.25, 0.3) is 0 Å². The summed E-state index contributed by atoms with van der Waals surface area (Å²) in [6.45, 7) is 4.85. The molecule has 3 N–H and O–H groups in total. The lowest BCUT2D eigenvalue weighted by molar-refractivity contribution is -0.143. The number of aliphatic hydroxyl groups excluding tert-OH is 2. The Labute approximate surface area is 455 Å². The SMILES string of the molecule is CCCCCC/C=C\CCCCCCCC(=O)OCC/C=C\C/C=C\CCCCCCCCCCCCCCCCC(=O)NC(CO)C(O)CCCCCCCCCCCCCCCCCCCCCCCC. The molecule has 6 heteroatoms. The molecule has 0 heterocycles. The molecule has 0 radical (unpaired) electrons. The molecule has 0 aliphatic carbocycles. The van der Waals surface area contributed by atoms with Crippen LogP contribution in [-0.2, 0) is 14.3 Å². The Bertz CT molecular complexity index is 1180. The van der Waals surface area contributed by atoms with E-state index in [1.165, 1.54) is 270 Å².